The number of hydrogen-bond donors (Lipinski definition) is 0. The van der Waals surface area contributed by atoms with Crippen LogP contribution in [0, 0.1) is 11.3 Å². The molecule has 0 saturated carbocycles. The number of ether oxygens (including phenoxy) is 1. The van der Waals surface area contributed by atoms with Crippen molar-refractivity contribution in [3.8, 4) is 0 Å². The Morgan fingerprint density at radius 2 is 2.26 bits per heavy atom. The molecule has 0 aromatic heterocycles. The van der Waals surface area contributed by atoms with Gasteiger partial charge in [0.2, 0.25) is 5.91 Å². The van der Waals surface area contributed by atoms with Crippen molar-refractivity contribution in [2.24, 2.45) is 11.3 Å². The van der Waals surface area contributed by atoms with Crippen molar-refractivity contribution in [3.63, 3.8) is 0 Å². The van der Waals surface area contributed by atoms with Crippen LogP contribution < -0.4 is 0 Å². The van der Waals surface area contributed by atoms with Gasteiger partial charge < -0.3 is 14.5 Å². The van der Waals surface area contributed by atoms with Crippen LogP contribution in [0.2, 0.25) is 0 Å². The lowest BCUT2D eigenvalue weighted by Crippen LogP contribution is -2.49. The molecule has 4 heteroatoms. The Bertz CT molecular complexity index is 341. The molecule has 3 heterocycles. The highest BCUT2D eigenvalue weighted by Gasteiger charge is 2.48. The van der Waals surface area contributed by atoms with Gasteiger partial charge in [-0.2, -0.15) is 0 Å². The van der Waals surface area contributed by atoms with Crippen LogP contribution in [-0.4, -0.2) is 61.6 Å². The lowest BCUT2D eigenvalue weighted by molar-refractivity contribution is -0.138. The predicted molar refractivity (Wildman–Crippen MR) is 73.9 cm³/mol. The molecule has 19 heavy (non-hydrogen) atoms. The number of rotatable bonds is 3. The van der Waals surface area contributed by atoms with Crippen molar-refractivity contribution in [1.29, 1.82) is 0 Å². The van der Waals surface area contributed by atoms with Crippen LogP contribution in [0.4, 0.5) is 0 Å². The minimum atomic E-state index is -0.0479. The van der Waals surface area contributed by atoms with E-state index in [0.29, 0.717) is 11.8 Å². The van der Waals surface area contributed by atoms with Gasteiger partial charge in [0.05, 0.1) is 12.0 Å². The standard InChI is InChI=1S/C15H26N2O2/c1-2-17-8-6-15(14(17)18)5-3-7-16(12-15)10-13-4-9-19-11-13/h13H,2-12H2,1H3/t13-,15+/m1/s1. The van der Waals surface area contributed by atoms with Gasteiger partial charge in [0, 0.05) is 32.8 Å². The number of carbonyl (C=O) groups excluding carboxylic acids is 1. The first-order chi connectivity index (χ1) is 9.23. The van der Waals surface area contributed by atoms with Crippen LogP contribution in [0.1, 0.15) is 32.6 Å². The molecular weight excluding hydrogens is 240 g/mol. The molecule has 0 bridgehead atoms. The van der Waals surface area contributed by atoms with Gasteiger partial charge in [-0.3, -0.25) is 4.79 Å². The van der Waals surface area contributed by atoms with Gasteiger partial charge in [-0.1, -0.05) is 0 Å². The summed E-state index contributed by atoms with van der Waals surface area (Å²) in [5.74, 6) is 1.11. The van der Waals surface area contributed by atoms with Gasteiger partial charge in [-0.15, -0.1) is 0 Å². The van der Waals surface area contributed by atoms with Crippen LogP contribution in [0.15, 0.2) is 0 Å². The zero-order valence-corrected chi connectivity index (χ0v) is 12.1. The number of amides is 1. The Morgan fingerprint density at radius 3 is 2.95 bits per heavy atom. The van der Waals surface area contributed by atoms with E-state index < -0.39 is 0 Å². The zero-order valence-electron chi connectivity index (χ0n) is 12.1. The summed E-state index contributed by atoms with van der Waals surface area (Å²) in [6, 6.07) is 0. The highest BCUT2D eigenvalue weighted by molar-refractivity contribution is 5.85. The van der Waals surface area contributed by atoms with E-state index in [1.54, 1.807) is 0 Å². The predicted octanol–water partition coefficient (Wildman–Crippen LogP) is 1.36. The maximum Gasteiger partial charge on any atom is 0.230 e. The number of piperidine rings is 1. The fourth-order valence-corrected chi connectivity index (χ4v) is 4.05. The van der Waals surface area contributed by atoms with Crippen molar-refractivity contribution >= 4 is 5.91 Å². The third-order valence-corrected chi connectivity index (χ3v) is 5.18. The third kappa shape index (κ3) is 2.52. The summed E-state index contributed by atoms with van der Waals surface area (Å²) in [5.41, 5.74) is -0.0479. The number of nitrogens with zero attached hydrogens (tertiary/aromatic N) is 2. The topological polar surface area (TPSA) is 32.8 Å². The molecule has 1 amide bonds. The van der Waals surface area contributed by atoms with Crippen LogP contribution in [0.25, 0.3) is 0 Å². The number of hydrogen-bond acceptors (Lipinski definition) is 3. The Morgan fingerprint density at radius 1 is 1.37 bits per heavy atom. The fraction of sp³-hybridized carbons (Fsp3) is 0.933. The first kappa shape index (κ1) is 13.4. The largest absolute Gasteiger partial charge is 0.381 e. The van der Waals surface area contributed by atoms with Gasteiger partial charge in [-0.25, -0.2) is 0 Å². The molecule has 0 aromatic carbocycles. The van der Waals surface area contributed by atoms with Crippen LogP contribution in [0.3, 0.4) is 0 Å². The van der Waals surface area contributed by atoms with Gasteiger partial charge in [-0.05, 0) is 45.1 Å². The SMILES string of the molecule is CCN1CC[C@]2(CCCN(C[C@H]3CCOC3)C2)C1=O. The second-order valence-corrected chi connectivity index (χ2v) is 6.48. The molecule has 3 aliphatic rings. The molecule has 0 unspecified atom stereocenters. The van der Waals surface area contributed by atoms with Crippen molar-refractivity contribution < 1.29 is 9.53 Å². The molecule has 1 spiro atoms. The Kier molecular flexibility index (Phi) is 3.81. The van der Waals surface area contributed by atoms with Gasteiger partial charge in [0.15, 0.2) is 0 Å². The maximum absolute atomic E-state index is 12.6. The van der Waals surface area contributed by atoms with Crippen LogP contribution >= 0.6 is 0 Å². The lowest BCUT2D eigenvalue weighted by atomic mass is 9.78. The number of carbonyl (C=O) groups is 1. The summed E-state index contributed by atoms with van der Waals surface area (Å²) in [4.78, 5) is 17.1. The monoisotopic (exact) mass is 266 g/mol. The van der Waals surface area contributed by atoms with Crippen molar-refractivity contribution in [3.05, 3.63) is 0 Å². The quantitative estimate of drug-likeness (QED) is 0.773. The molecule has 0 aromatic rings. The highest BCUT2D eigenvalue weighted by Crippen LogP contribution is 2.40. The van der Waals surface area contributed by atoms with Crippen molar-refractivity contribution in [2.75, 3.05) is 45.9 Å². The molecule has 2 atom stereocenters. The molecule has 108 valence electrons. The second-order valence-electron chi connectivity index (χ2n) is 6.48. The summed E-state index contributed by atoms with van der Waals surface area (Å²) in [5, 5.41) is 0. The molecular formula is C15H26N2O2. The summed E-state index contributed by atoms with van der Waals surface area (Å²) >= 11 is 0. The van der Waals surface area contributed by atoms with E-state index in [9.17, 15) is 4.79 Å². The van der Waals surface area contributed by atoms with Crippen molar-refractivity contribution in [1.82, 2.24) is 9.80 Å². The van der Waals surface area contributed by atoms with Gasteiger partial charge in [0.25, 0.3) is 0 Å². The van der Waals surface area contributed by atoms with Crippen LogP contribution in [0.5, 0.6) is 0 Å². The maximum atomic E-state index is 12.6. The second kappa shape index (κ2) is 5.41. The van der Waals surface area contributed by atoms with E-state index in [4.69, 9.17) is 4.74 Å². The molecule has 3 saturated heterocycles. The Labute approximate surface area is 116 Å². The molecule has 3 rings (SSSR count). The Balaban J connectivity index is 1.62. The fourth-order valence-electron chi connectivity index (χ4n) is 4.05. The molecule has 0 N–H and O–H groups in total. The molecule has 3 aliphatic heterocycles. The summed E-state index contributed by atoms with van der Waals surface area (Å²) in [7, 11) is 0. The van der Waals surface area contributed by atoms with E-state index in [2.05, 4.69) is 11.8 Å². The van der Waals surface area contributed by atoms with E-state index in [1.165, 1.54) is 12.8 Å². The van der Waals surface area contributed by atoms with Gasteiger partial charge >= 0.3 is 0 Å². The van der Waals surface area contributed by atoms with E-state index >= 15 is 0 Å². The zero-order chi connectivity index (χ0) is 13.3. The van der Waals surface area contributed by atoms with E-state index in [-0.39, 0.29) is 5.41 Å². The first-order valence-corrected chi connectivity index (χ1v) is 7.83. The Hall–Kier alpha value is -0.610. The van der Waals surface area contributed by atoms with E-state index in [0.717, 1.165) is 58.8 Å². The smallest absolute Gasteiger partial charge is 0.230 e. The van der Waals surface area contributed by atoms with E-state index in [1.807, 2.05) is 4.90 Å². The summed E-state index contributed by atoms with van der Waals surface area (Å²) in [6.45, 7) is 9.04. The average molecular weight is 266 g/mol. The average Bonchev–Trinajstić information content (AvgIpc) is 3.01. The summed E-state index contributed by atoms with van der Waals surface area (Å²) in [6.07, 6.45) is 4.53. The first-order valence-electron chi connectivity index (χ1n) is 7.83. The van der Waals surface area contributed by atoms with Crippen molar-refractivity contribution in [2.45, 2.75) is 32.6 Å². The third-order valence-electron chi connectivity index (χ3n) is 5.18. The lowest BCUT2D eigenvalue weighted by Gasteiger charge is -2.39. The minimum absolute atomic E-state index is 0.0479. The number of likely N-dealkylation sites (tertiary alicyclic amines) is 2. The molecule has 3 fully saturated rings. The highest BCUT2D eigenvalue weighted by atomic mass is 16.5. The minimum Gasteiger partial charge on any atom is -0.381 e. The van der Waals surface area contributed by atoms with Gasteiger partial charge in [0.1, 0.15) is 0 Å². The normalized spacial score (nSPS) is 36.6. The van der Waals surface area contributed by atoms with Crippen LogP contribution in [-0.2, 0) is 9.53 Å². The molecule has 0 radical (unpaired) electrons. The molecule has 0 aliphatic carbocycles. The molecule has 4 nitrogen and oxygen atoms in total. The summed E-state index contributed by atoms with van der Waals surface area (Å²) < 4.78 is 5.47.